The van der Waals surface area contributed by atoms with Crippen molar-refractivity contribution in [3.63, 3.8) is 0 Å². The van der Waals surface area contributed by atoms with E-state index in [0.29, 0.717) is 0 Å². The molecule has 0 fully saturated rings. The van der Waals surface area contributed by atoms with E-state index in [1.807, 2.05) is 12.1 Å². The zero-order valence-electron chi connectivity index (χ0n) is 13.3. The van der Waals surface area contributed by atoms with Gasteiger partial charge >= 0.3 is 0 Å². The van der Waals surface area contributed by atoms with E-state index in [1.54, 1.807) is 7.11 Å². The maximum atomic E-state index is 9.32. The van der Waals surface area contributed by atoms with Crippen LogP contribution in [0.2, 0.25) is 0 Å². The Bertz CT molecular complexity index is 607. The number of aliphatic hydroxyl groups is 1. The van der Waals surface area contributed by atoms with Gasteiger partial charge < -0.3 is 15.2 Å². The van der Waals surface area contributed by atoms with Crippen LogP contribution in [0.3, 0.4) is 0 Å². The maximum absolute atomic E-state index is 9.32. The summed E-state index contributed by atoms with van der Waals surface area (Å²) in [5.41, 5.74) is 1.15. The molecule has 0 saturated carbocycles. The fraction of sp³-hybridized carbons (Fsp3) is 0.444. The summed E-state index contributed by atoms with van der Waals surface area (Å²) in [4.78, 5) is 0. The highest BCUT2D eigenvalue weighted by Crippen LogP contribution is 2.24. The van der Waals surface area contributed by atoms with Gasteiger partial charge in [0.1, 0.15) is 5.75 Å². The van der Waals surface area contributed by atoms with Crippen LogP contribution in [0.15, 0.2) is 36.4 Å². The largest absolute Gasteiger partial charge is 0.497 e. The highest BCUT2D eigenvalue weighted by Gasteiger charge is 2.17. The molecule has 0 radical (unpaired) electrons. The normalized spacial score (nSPS) is 13.4. The van der Waals surface area contributed by atoms with Gasteiger partial charge in [0, 0.05) is 24.6 Å². The monoisotopic (exact) mass is 287 g/mol. The standard InChI is InChI=1S/C18H25NO2/c1-13(19-11-18(2,3)12-20)14-5-6-16-10-17(21-4)8-7-15(16)9-14/h5-10,13,19-20H,11-12H2,1-4H3. The van der Waals surface area contributed by atoms with E-state index in [-0.39, 0.29) is 18.1 Å². The zero-order chi connectivity index (χ0) is 15.5. The summed E-state index contributed by atoms with van der Waals surface area (Å²) in [5, 5.41) is 15.2. The molecule has 21 heavy (non-hydrogen) atoms. The summed E-state index contributed by atoms with van der Waals surface area (Å²) in [5.74, 6) is 0.881. The number of ether oxygens (including phenoxy) is 1. The number of hydrogen-bond acceptors (Lipinski definition) is 3. The first-order chi connectivity index (χ1) is 9.95. The summed E-state index contributed by atoms with van der Waals surface area (Å²) in [6.45, 7) is 7.23. The van der Waals surface area contributed by atoms with Crippen molar-refractivity contribution in [2.75, 3.05) is 20.3 Å². The van der Waals surface area contributed by atoms with Gasteiger partial charge in [0.25, 0.3) is 0 Å². The third-order valence-electron chi connectivity index (χ3n) is 3.89. The Hall–Kier alpha value is -1.58. The molecule has 2 rings (SSSR count). The smallest absolute Gasteiger partial charge is 0.119 e. The Morgan fingerprint density at radius 1 is 1.14 bits per heavy atom. The molecule has 2 N–H and O–H groups in total. The van der Waals surface area contributed by atoms with Crippen molar-refractivity contribution in [3.05, 3.63) is 42.0 Å². The van der Waals surface area contributed by atoms with Gasteiger partial charge in [-0.2, -0.15) is 0 Å². The first-order valence-electron chi connectivity index (χ1n) is 7.37. The minimum Gasteiger partial charge on any atom is -0.497 e. The van der Waals surface area contributed by atoms with Crippen molar-refractivity contribution >= 4 is 10.8 Å². The summed E-state index contributed by atoms with van der Waals surface area (Å²) in [7, 11) is 1.68. The molecule has 2 aromatic carbocycles. The minimum absolute atomic E-state index is 0.0987. The molecule has 0 saturated heterocycles. The van der Waals surface area contributed by atoms with Crippen LogP contribution >= 0.6 is 0 Å². The Morgan fingerprint density at radius 2 is 1.81 bits per heavy atom. The van der Waals surface area contributed by atoms with Crippen molar-refractivity contribution in [2.45, 2.75) is 26.8 Å². The Labute approximate surface area is 126 Å². The average Bonchev–Trinajstić information content (AvgIpc) is 2.51. The summed E-state index contributed by atoms with van der Waals surface area (Å²) in [6.07, 6.45) is 0. The van der Waals surface area contributed by atoms with Crippen molar-refractivity contribution in [1.82, 2.24) is 5.32 Å². The van der Waals surface area contributed by atoms with Crippen LogP contribution in [0.1, 0.15) is 32.4 Å². The van der Waals surface area contributed by atoms with Crippen molar-refractivity contribution in [1.29, 1.82) is 0 Å². The predicted octanol–water partition coefficient (Wildman–Crippen LogP) is 3.52. The molecule has 0 aliphatic heterocycles. The fourth-order valence-corrected chi connectivity index (χ4v) is 2.24. The fourth-order valence-electron chi connectivity index (χ4n) is 2.24. The quantitative estimate of drug-likeness (QED) is 0.854. The van der Waals surface area contributed by atoms with E-state index in [2.05, 4.69) is 50.4 Å². The van der Waals surface area contributed by atoms with E-state index in [4.69, 9.17) is 4.74 Å². The van der Waals surface area contributed by atoms with Crippen molar-refractivity contribution in [2.24, 2.45) is 5.41 Å². The number of aliphatic hydroxyl groups excluding tert-OH is 1. The molecule has 2 aromatic rings. The number of methoxy groups -OCH3 is 1. The third-order valence-corrected chi connectivity index (χ3v) is 3.89. The van der Waals surface area contributed by atoms with Gasteiger partial charge in [-0.1, -0.05) is 32.0 Å². The van der Waals surface area contributed by atoms with Gasteiger partial charge in [-0.05, 0) is 41.5 Å². The summed E-state index contributed by atoms with van der Waals surface area (Å²) >= 11 is 0. The van der Waals surface area contributed by atoms with Gasteiger partial charge in [0.2, 0.25) is 0 Å². The molecule has 0 spiro atoms. The minimum atomic E-state index is -0.0987. The molecular weight excluding hydrogens is 262 g/mol. The molecule has 114 valence electrons. The number of nitrogens with one attached hydrogen (secondary N) is 1. The Morgan fingerprint density at radius 3 is 2.48 bits per heavy atom. The third kappa shape index (κ3) is 3.96. The van der Waals surface area contributed by atoms with E-state index < -0.39 is 0 Å². The van der Waals surface area contributed by atoms with Crippen LogP contribution in [-0.2, 0) is 0 Å². The molecular formula is C18H25NO2. The maximum Gasteiger partial charge on any atom is 0.119 e. The van der Waals surface area contributed by atoms with Crippen molar-refractivity contribution < 1.29 is 9.84 Å². The van der Waals surface area contributed by atoms with E-state index in [9.17, 15) is 5.11 Å². The molecule has 1 atom stereocenters. The van der Waals surface area contributed by atoms with E-state index in [1.165, 1.54) is 16.3 Å². The van der Waals surface area contributed by atoms with E-state index in [0.717, 1.165) is 12.3 Å². The first-order valence-corrected chi connectivity index (χ1v) is 7.37. The molecule has 0 aliphatic rings. The summed E-state index contributed by atoms with van der Waals surface area (Å²) < 4.78 is 5.25. The zero-order valence-corrected chi connectivity index (χ0v) is 13.3. The highest BCUT2D eigenvalue weighted by molar-refractivity contribution is 5.84. The molecule has 0 bridgehead atoms. The Kier molecular flexibility index (Phi) is 4.86. The van der Waals surface area contributed by atoms with Crippen molar-refractivity contribution in [3.8, 4) is 5.75 Å². The lowest BCUT2D eigenvalue weighted by atomic mass is 9.94. The van der Waals surface area contributed by atoms with Crippen LogP contribution in [0.4, 0.5) is 0 Å². The van der Waals surface area contributed by atoms with Crippen LogP contribution in [0.5, 0.6) is 5.75 Å². The molecule has 0 amide bonds. The second kappa shape index (κ2) is 6.46. The molecule has 3 heteroatoms. The summed E-state index contributed by atoms with van der Waals surface area (Å²) in [6, 6.07) is 12.8. The topological polar surface area (TPSA) is 41.5 Å². The lowest BCUT2D eigenvalue weighted by molar-refractivity contribution is 0.154. The number of rotatable bonds is 6. The van der Waals surface area contributed by atoms with Crippen LogP contribution in [0.25, 0.3) is 10.8 Å². The Balaban J connectivity index is 2.15. The van der Waals surface area contributed by atoms with Gasteiger partial charge in [-0.15, -0.1) is 0 Å². The number of fused-ring (bicyclic) bond motifs is 1. The van der Waals surface area contributed by atoms with Gasteiger partial charge in [-0.3, -0.25) is 0 Å². The van der Waals surface area contributed by atoms with Gasteiger partial charge in [-0.25, -0.2) is 0 Å². The first kappa shape index (κ1) is 15.8. The van der Waals surface area contributed by atoms with Crippen LogP contribution < -0.4 is 10.1 Å². The van der Waals surface area contributed by atoms with Crippen LogP contribution in [-0.4, -0.2) is 25.4 Å². The lowest BCUT2D eigenvalue weighted by Gasteiger charge is -2.25. The molecule has 0 aliphatic carbocycles. The molecule has 0 aromatic heterocycles. The molecule has 0 heterocycles. The van der Waals surface area contributed by atoms with Gasteiger partial charge in [0.15, 0.2) is 0 Å². The molecule has 3 nitrogen and oxygen atoms in total. The average molecular weight is 287 g/mol. The van der Waals surface area contributed by atoms with E-state index >= 15 is 0 Å². The second-order valence-electron chi connectivity index (χ2n) is 6.40. The van der Waals surface area contributed by atoms with Gasteiger partial charge in [0.05, 0.1) is 7.11 Å². The highest BCUT2D eigenvalue weighted by atomic mass is 16.5. The number of hydrogen-bond donors (Lipinski definition) is 2. The van der Waals surface area contributed by atoms with Crippen LogP contribution in [0, 0.1) is 5.41 Å². The molecule has 1 unspecified atom stereocenters. The SMILES string of the molecule is COc1ccc2cc(C(C)NCC(C)(C)CO)ccc2c1. The second-order valence-corrected chi connectivity index (χ2v) is 6.40. The number of benzene rings is 2. The predicted molar refractivity (Wildman–Crippen MR) is 87.8 cm³/mol. The lowest BCUT2D eigenvalue weighted by Crippen LogP contribution is -2.33.